The number of halogens is 1. The molecule has 1 amide bonds. The number of carbonyl (C=O) groups is 1. The van der Waals surface area contributed by atoms with Gasteiger partial charge in [0.15, 0.2) is 0 Å². The van der Waals surface area contributed by atoms with Gasteiger partial charge in [-0.3, -0.25) is 4.79 Å². The maximum absolute atomic E-state index is 13.5. The second-order valence-electron chi connectivity index (χ2n) is 7.37. The van der Waals surface area contributed by atoms with Crippen LogP contribution in [0.4, 0.5) is 5.69 Å². The van der Waals surface area contributed by atoms with Crippen LogP contribution in [-0.2, 0) is 21.2 Å². The SMILES string of the molecule is Cc1ccc(C)c(S(=O)(=O)N(CCc2ccccc2)CC(=O)Nc2ccccc2Cl)c1. The van der Waals surface area contributed by atoms with Crippen LogP contribution in [0.2, 0.25) is 5.02 Å². The van der Waals surface area contributed by atoms with E-state index < -0.39 is 15.9 Å². The predicted molar refractivity (Wildman–Crippen MR) is 125 cm³/mol. The fourth-order valence-electron chi connectivity index (χ4n) is 3.22. The van der Waals surface area contributed by atoms with Gasteiger partial charge in [0, 0.05) is 6.54 Å². The van der Waals surface area contributed by atoms with E-state index in [1.54, 1.807) is 43.3 Å². The normalized spacial score (nSPS) is 11.5. The van der Waals surface area contributed by atoms with Crippen molar-refractivity contribution in [2.75, 3.05) is 18.4 Å². The van der Waals surface area contributed by atoms with Crippen molar-refractivity contribution in [3.63, 3.8) is 0 Å². The van der Waals surface area contributed by atoms with Crippen LogP contribution >= 0.6 is 11.6 Å². The van der Waals surface area contributed by atoms with Crippen LogP contribution in [0.5, 0.6) is 0 Å². The fourth-order valence-corrected chi connectivity index (χ4v) is 5.11. The number of para-hydroxylation sites is 1. The highest BCUT2D eigenvalue weighted by Crippen LogP contribution is 2.23. The highest BCUT2D eigenvalue weighted by atomic mass is 35.5. The van der Waals surface area contributed by atoms with Crippen LogP contribution in [0.3, 0.4) is 0 Å². The summed E-state index contributed by atoms with van der Waals surface area (Å²) in [5.41, 5.74) is 2.92. The summed E-state index contributed by atoms with van der Waals surface area (Å²) in [7, 11) is -3.88. The van der Waals surface area contributed by atoms with Gasteiger partial charge in [-0.1, -0.05) is 66.2 Å². The largest absolute Gasteiger partial charge is 0.324 e. The maximum atomic E-state index is 13.5. The lowest BCUT2D eigenvalue weighted by atomic mass is 10.1. The number of benzene rings is 3. The summed E-state index contributed by atoms with van der Waals surface area (Å²) >= 11 is 6.12. The van der Waals surface area contributed by atoms with Crippen molar-refractivity contribution in [1.82, 2.24) is 4.31 Å². The monoisotopic (exact) mass is 456 g/mol. The molecule has 0 unspecified atom stereocenters. The summed E-state index contributed by atoms with van der Waals surface area (Å²) in [6.45, 7) is 3.46. The predicted octanol–water partition coefficient (Wildman–Crippen LogP) is 4.83. The van der Waals surface area contributed by atoms with Gasteiger partial charge in [0.2, 0.25) is 15.9 Å². The molecule has 5 nitrogen and oxygen atoms in total. The molecule has 0 saturated carbocycles. The molecule has 0 aliphatic rings. The number of rotatable bonds is 8. The number of carbonyl (C=O) groups excluding carboxylic acids is 1. The number of anilines is 1. The summed E-state index contributed by atoms with van der Waals surface area (Å²) in [4.78, 5) is 13.0. The molecule has 0 saturated heterocycles. The number of nitrogens with one attached hydrogen (secondary N) is 1. The van der Waals surface area contributed by atoms with E-state index in [0.717, 1.165) is 11.1 Å². The summed E-state index contributed by atoms with van der Waals surface area (Å²) in [6.07, 6.45) is 0.490. The molecule has 3 aromatic carbocycles. The van der Waals surface area contributed by atoms with E-state index in [1.165, 1.54) is 4.31 Å². The Labute approximate surface area is 188 Å². The number of sulfonamides is 1. The highest BCUT2D eigenvalue weighted by molar-refractivity contribution is 7.89. The van der Waals surface area contributed by atoms with Crippen LogP contribution in [0.25, 0.3) is 0 Å². The first-order chi connectivity index (χ1) is 14.8. The molecule has 0 aliphatic carbocycles. The van der Waals surface area contributed by atoms with E-state index >= 15 is 0 Å². The van der Waals surface area contributed by atoms with Gasteiger partial charge in [-0.15, -0.1) is 0 Å². The highest BCUT2D eigenvalue weighted by Gasteiger charge is 2.28. The molecular formula is C24H25ClN2O3S. The van der Waals surface area contributed by atoms with E-state index in [4.69, 9.17) is 11.6 Å². The van der Waals surface area contributed by atoms with E-state index in [0.29, 0.717) is 22.7 Å². The molecule has 162 valence electrons. The van der Waals surface area contributed by atoms with Crippen molar-refractivity contribution in [1.29, 1.82) is 0 Å². The molecule has 3 rings (SSSR count). The molecule has 0 spiro atoms. The fraction of sp³-hybridized carbons (Fsp3) is 0.208. The quantitative estimate of drug-likeness (QED) is 0.528. The van der Waals surface area contributed by atoms with Crippen molar-refractivity contribution in [3.05, 3.63) is 94.5 Å². The Morgan fingerprint density at radius 1 is 0.968 bits per heavy atom. The van der Waals surface area contributed by atoms with Crippen molar-refractivity contribution in [3.8, 4) is 0 Å². The minimum Gasteiger partial charge on any atom is -0.324 e. The molecule has 0 aromatic heterocycles. The van der Waals surface area contributed by atoms with Crippen LogP contribution < -0.4 is 5.32 Å². The van der Waals surface area contributed by atoms with Crippen molar-refractivity contribution < 1.29 is 13.2 Å². The van der Waals surface area contributed by atoms with Gasteiger partial charge in [-0.25, -0.2) is 8.42 Å². The van der Waals surface area contributed by atoms with Gasteiger partial charge < -0.3 is 5.32 Å². The second kappa shape index (κ2) is 10.1. The van der Waals surface area contributed by atoms with Gasteiger partial charge >= 0.3 is 0 Å². The third-order valence-corrected chi connectivity index (χ3v) is 7.24. The average molecular weight is 457 g/mol. The molecule has 0 radical (unpaired) electrons. The number of hydrogen-bond donors (Lipinski definition) is 1. The van der Waals surface area contributed by atoms with Gasteiger partial charge in [-0.05, 0) is 55.2 Å². The van der Waals surface area contributed by atoms with E-state index in [-0.39, 0.29) is 18.0 Å². The molecule has 1 N–H and O–H groups in total. The first-order valence-corrected chi connectivity index (χ1v) is 11.7. The zero-order valence-corrected chi connectivity index (χ0v) is 19.1. The zero-order chi connectivity index (χ0) is 22.4. The van der Waals surface area contributed by atoms with Crippen molar-refractivity contribution in [2.45, 2.75) is 25.2 Å². The van der Waals surface area contributed by atoms with Crippen molar-refractivity contribution >= 4 is 33.2 Å². The Hall–Kier alpha value is -2.67. The third kappa shape index (κ3) is 5.94. The molecule has 3 aromatic rings. The van der Waals surface area contributed by atoms with E-state index in [2.05, 4.69) is 5.32 Å². The molecule has 0 bridgehead atoms. The van der Waals surface area contributed by atoms with E-state index in [1.807, 2.05) is 43.3 Å². The summed E-state index contributed by atoms with van der Waals surface area (Å²) < 4.78 is 28.2. The molecule has 7 heteroatoms. The molecule has 0 heterocycles. The summed E-state index contributed by atoms with van der Waals surface area (Å²) in [5.74, 6) is -0.449. The molecule has 0 aliphatic heterocycles. The number of amides is 1. The van der Waals surface area contributed by atoms with Crippen LogP contribution in [0.15, 0.2) is 77.7 Å². The Balaban J connectivity index is 1.87. The smallest absolute Gasteiger partial charge is 0.243 e. The van der Waals surface area contributed by atoms with Crippen LogP contribution in [-0.4, -0.2) is 31.7 Å². The minimum absolute atomic E-state index is 0.176. The zero-order valence-electron chi connectivity index (χ0n) is 17.5. The Morgan fingerprint density at radius 3 is 2.35 bits per heavy atom. The number of nitrogens with zero attached hydrogens (tertiary/aromatic N) is 1. The van der Waals surface area contributed by atoms with Gasteiger partial charge in [0.1, 0.15) is 0 Å². The third-order valence-electron chi connectivity index (χ3n) is 4.92. The number of aryl methyl sites for hydroxylation is 2. The minimum atomic E-state index is -3.88. The molecular weight excluding hydrogens is 432 g/mol. The first kappa shape index (κ1) is 23.0. The first-order valence-electron chi connectivity index (χ1n) is 9.93. The topological polar surface area (TPSA) is 66.5 Å². The van der Waals surface area contributed by atoms with Crippen LogP contribution in [0.1, 0.15) is 16.7 Å². The van der Waals surface area contributed by atoms with Crippen molar-refractivity contribution in [2.24, 2.45) is 0 Å². The second-order valence-corrected chi connectivity index (χ2v) is 9.68. The summed E-state index contributed by atoms with van der Waals surface area (Å²) in [6, 6.07) is 21.7. The Bertz CT molecular complexity index is 1160. The van der Waals surface area contributed by atoms with Gasteiger partial charge in [-0.2, -0.15) is 4.31 Å². The lowest BCUT2D eigenvalue weighted by Crippen LogP contribution is -2.39. The Morgan fingerprint density at radius 2 is 1.65 bits per heavy atom. The lowest BCUT2D eigenvalue weighted by molar-refractivity contribution is -0.116. The van der Waals surface area contributed by atoms with Crippen LogP contribution in [0, 0.1) is 13.8 Å². The maximum Gasteiger partial charge on any atom is 0.243 e. The summed E-state index contributed by atoms with van der Waals surface area (Å²) in [5, 5.41) is 3.10. The molecule has 0 fully saturated rings. The van der Waals surface area contributed by atoms with Gasteiger partial charge in [0.05, 0.1) is 22.2 Å². The lowest BCUT2D eigenvalue weighted by Gasteiger charge is -2.23. The van der Waals surface area contributed by atoms with E-state index in [9.17, 15) is 13.2 Å². The number of hydrogen-bond acceptors (Lipinski definition) is 3. The standard InChI is InChI=1S/C24H25ClN2O3S/c1-18-12-13-19(2)23(16-18)31(29,30)27(15-14-20-8-4-3-5-9-20)17-24(28)26-22-11-7-6-10-21(22)25/h3-13,16H,14-15,17H2,1-2H3,(H,26,28). The molecule has 31 heavy (non-hydrogen) atoms. The van der Waals surface area contributed by atoms with Gasteiger partial charge in [0.25, 0.3) is 0 Å². The Kier molecular flexibility index (Phi) is 7.49. The average Bonchev–Trinajstić information content (AvgIpc) is 2.75. The molecule has 0 atom stereocenters.